The molecule has 4 nitrogen and oxygen atoms in total. The minimum Gasteiger partial charge on any atom is -0.485 e. The largest absolute Gasteiger partial charge is 0.485 e. The Morgan fingerprint density at radius 1 is 0.652 bits per heavy atom. The van der Waals surface area contributed by atoms with Gasteiger partial charge in [0.2, 0.25) is 0 Å². The van der Waals surface area contributed by atoms with Crippen molar-refractivity contribution in [3.63, 3.8) is 0 Å². The number of unbranched alkanes of at least 4 members (excludes halogenated alkanes) is 4. The molecule has 0 heterocycles. The predicted octanol–water partition coefficient (Wildman–Crippen LogP) is 5.50. The number of hydrogen-bond acceptors (Lipinski definition) is 4. The SMILES string of the molecule is CCCCCC(=O)O[Si](CCC)(CCC)OC(=O)CCCCC. The van der Waals surface area contributed by atoms with Crippen LogP contribution in [0.2, 0.25) is 12.1 Å². The van der Waals surface area contributed by atoms with E-state index in [1.807, 2.05) is 13.8 Å². The van der Waals surface area contributed by atoms with Crippen LogP contribution < -0.4 is 0 Å². The van der Waals surface area contributed by atoms with Crippen molar-refractivity contribution in [1.29, 1.82) is 0 Å². The topological polar surface area (TPSA) is 52.6 Å². The highest BCUT2D eigenvalue weighted by Crippen LogP contribution is 2.25. The molecule has 0 aromatic carbocycles. The summed E-state index contributed by atoms with van der Waals surface area (Å²) >= 11 is 0. The maximum atomic E-state index is 12.1. The van der Waals surface area contributed by atoms with Gasteiger partial charge in [0.25, 0.3) is 11.9 Å². The van der Waals surface area contributed by atoms with Gasteiger partial charge in [0.05, 0.1) is 0 Å². The summed E-state index contributed by atoms with van der Waals surface area (Å²) in [7, 11) is -2.74. The highest BCUT2D eigenvalue weighted by atomic mass is 28.4. The second kappa shape index (κ2) is 13.6. The molecule has 0 unspecified atom stereocenters. The van der Waals surface area contributed by atoms with Gasteiger partial charge in [-0.3, -0.25) is 9.59 Å². The smallest absolute Gasteiger partial charge is 0.464 e. The van der Waals surface area contributed by atoms with Gasteiger partial charge >= 0.3 is 8.56 Å². The monoisotopic (exact) mass is 344 g/mol. The molecule has 0 aromatic heterocycles. The molecule has 0 saturated carbocycles. The van der Waals surface area contributed by atoms with Crippen molar-refractivity contribution in [1.82, 2.24) is 0 Å². The molecular formula is C18H36O4Si. The van der Waals surface area contributed by atoms with Crippen LogP contribution >= 0.6 is 0 Å². The Balaban J connectivity index is 4.71. The summed E-state index contributed by atoms with van der Waals surface area (Å²) in [4.78, 5) is 24.3. The van der Waals surface area contributed by atoms with E-state index in [1.165, 1.54) is 0 Å². The van der Waals surface area contributed by atoms with Crippen molar-refractivity contribution in [2.45, 2.75) is 104 Å². The van der Waals surface area contributed by atoms with Gasteiger partial charge in [-0.05, 0) is 12.8 Å². The molecule has 23 heavy (non-hydrogen) atoms. The zero-order valence-corrected chi connectivity index (χ0v) is 16.6. The number of carbonyl (C=O) groups is 2. The summed E-state index contributed by atoms with van der Waals surface area (Å²) in [6, 6.07) is 1.42. The van der Waals surface area contributed by atoms with E-state index in [0.717, 1.165) is 51.4 Å². The van der Waals surface area contributed by atoms with Gasteiger partial charge in [0.1, 0.15) is 0 Å². The number of hydrogen-bond donors (Lipinski definition) is 0. The molecule has 0 aliphatic heterocycles. The van der Waals surface area contributed by atoms with E-state index in [0.29, 0.717) is 24.9 Å². The van der Waals surface area contributed by atoms with E-state index in [9.17, 15) is 9.59 Å². The summed E-state index contributed by atoms with van der Waals surface area (Å²) in [6.45, 7) is 8.31. The normalized spacial score (nSPS) is 11.3. The molecule has 0 aromatic rings. The van der Waals surface area contributed by atoms with E-state index in [4.69, 9.17) is 8.85 Å². The standard InChI is InChI=1S/C18H36O4Si/c1-5-9-11-13-17(19)21-23(15-7-3,16-8-4)22-18(20)14-12-10-6-2/h5-16H2,1-4H3. The summed E-state index contributed by atoms with van der Waals surface area (Å²) in [6.07, 6.45) is 8.52. The zero-order valence-electron chi connectivity index (χ0n) is 15.6. The van der Waals surface area contributed by atoms with E-state index in [1.54, 1.807) is 0 Å². The molecule has 0 spiro atoms. The van der Waals surface area contributed by atoms with Gasteiger partial charge in [0.15, 0.2) is 0 Å². The Morgan fingerprint density at radius 2 is 1.04 bits per heavy atom. The Kier molecular flexibility index (Phi) is 13.1. The second-order valence-electron chi connectivity index (χ2n) is 6.27. The molecular weight excluding hydrogens is 308 g/mol. The van der Waals surface area contributed by atoms with Crippen molar-refractivity contribution < 1.29 is 18.4 Å². The maximum absolute atomic E-state index is 12.1. The van der Waals surface area contributed by atoms with Crippen molar-refractivity contribution >= 4 is 20.5 Å². The van der Waals surface area contributed by atoms with Gasteiger partial charge in [-0.25, -0.2) is 0 Å². The van der Waals surface area contributed by atoms with Crippen LogP contribution in [0.4, 0.5) is 0 Å². The third kappa shape index (κ3) is 10.5. The van der Waals surface area contributed by atoms with Gasteiger partial charge in [-0.2, -0.15) is 0 Å². The average molecular weight is 345 g/mol. The maximum Gasteiger partial charge on any atom is 0.464 e. The zero-order chi connectivity index (χ0) is 17.6. The lowest BCUT2D eigenvalue weighted by Crippen LogP contribution is -2.45. The highest BCUT2D eigenvalue weighted by molar-refractivity contribution is 6.70. The number of rotatable bonds is 14. The van der Waals surface area contributed by atoms with Gasteiger partial charge < -0.3 is 8.85 Å². The first-order chi connectivity index (χ1) is 11.0. The summed E-state index contributed by atoms with van der Waals surface area (Å²) < 4.78 is 11.6. The average Bonchev–Trinajstić information content (AvgIpc) is 2.48. The molecule has 0 fully saturated rings. The minimum atomic E-state index is -2.74. The van der Waals surface area contributed by atoms with E-state index in [-0.39, 0.29) is 11.9 Å². The lowest BCUT2D eigenvalue weighted by atomic mass is 10.2. The molecule has 0 aliphatic rings. The Hall–Kier alpha value is -0.843. The highest BCUT2D eigenvalue weighted by Gasteiger charge is 2.43. The molecule has 136 valence electrons. The molecule has 0 rings (SSSR count). The van der Waals surface area contributed by atoms with Crippen molar-refractivity contribution in [2.24, 2.45) is 0 Å². The first kappa shape index (κ1) is 22.2. The lowest BCUT2D eigenvalue weighted by molar-refractivity contribution is -0.141. The van der Waals surface area contributed by atoms with Crippen molar-refractivity contribution in [2.75, 3.05) is 0 Å². The molecule has 0 amide bonds. The molecule has 0 aliphatic carbocycles. The third-order valence-corrected chi connectivity index (χ3v) is 7.55. The number of carbonyl (C=O) groups excluding carboxylic acids is 2. The molecule has 0 N–H and O–H groups in total. The predicted molar refractivity (Wildman–Crippen MR) is 96.4 cm³/mol. The fourth-order valence-electron chi connectivity index (χ4n) is 2.67. The summed E-state index contributed by atoms with van der Waals surface area (Å²) in [5.74, 6) is -0.373. The lowest BCUT2D eigenvalue weighted by Gasteiger charge is -2.29. The molecule has 0 bridgehead atoms. The van der Waals surface area contributed by atoms with Crippen LogP contribution in [-0.4, -0.2) is 20.5 Å². The van der Waals surface area contributed by atoms with Crippen LogP contribution in [0.3, 0.4) is 0 Å². The van der Waals surface area contributed by atoms with E-state index in [2.05, 4.69) is 13.8 Å². The summed E-state index contributed by atoms with van der Waals surface area (Å²) in [5.41, 5.74) is 0. The minimum absolute atomic E-state index is 0.187. The fraction of sp³-hybridized carbons (Fsp3) is 0.889. The van der Waals surface area contributed by atoms with Crippen LogP contribution in [0.1, 0.15) is 91.9 Å². The van der Waals surface area contributed by atoms with Crippen LogP contribution in [0.5, 0.6) is 0 Å². The quantitative estimate of drug-likeness (QED) is 0.308. The van der Waals surface area contributed by atoms with Crippen LogP contribution in [0, 0.1) is 0 Å². The second-order valence-corrected chi connectivity index (χ2v) is 9.50. The van der Waals surface area contributed by atoms with Crippen LogP contribution in [0.25, 0.3) is 0 Å². The Bertz CT molecular complexity index is 299. The van der Waals surface area contributed by atoms with Crippen LogP contribution in [0.15, 0.2) is 0 Å². The van der Waals surface area contributed by atoms with Gasteiger partial charge in [0, 0.05) is 24.9 Å². The Labute approximate surface area is 143 Å². The summed E-state index contributed by atoms with van der Waals surface area (Å²) in [5, 5.41) is 0. The molecule has 0 radical (unpaired) electrons. The van der Waals surface area contributed by atoms with Crippen molar-refractivity contribution in [3.8, 4) is 0 Å². The van der Waals surface area contributed by atoms with E-state index < -0.39 is 8.56 Å². The van der Waals surface area contributed by atoms with E-state index >= 15 is 0 Å². The first-order valence-corrected chi connectivity index (χ1v) is 11.7. The van der Waals surface area contributed by atoms with Gasteiger partial charge in [-0.15, -0.1) is 0 Å². The Morgan fingerprint density at radius 3 is 1.35 bits per heavy atom. The molecule has 0 saturated heterocycles. The third-order valence-electron chi connectivity index (χ3n) is 3.83. The fourth-order valence-corrected chi connectivity index (χ4v) is 5.92. The van der Waals surface area contributed by atoms with Crippen molar-refractivity contribution in [3.05, 3.63) is 0 Å². The molecule has 5 heteroatoms. The molecule has 0 atom stereocenters. The van der Waals surface area contributed by atoms with Gasteiger partial charge in [-0.1, -0.05) is 66.2 Å². The first-order valence-electron chi connectivity index (χ1n) is 9.47. The van der Waals surface area contributed by atoms with Crippen LogP contribution in [-0.2, 0) is 18.4 Å².